The zero-order valence-electron chi connectivity index (χ0n) is 14.7. The number of carbonyl (C=O) groups is 1. The predicted molar refractivity (Wildman–Crippen MR) is 89.8 cm³/mol. The van der Waals surface area contributed by atoms with E-state index in [-0.39, 0.29) is 23.2 Å². The van der Waals surface area contributed by atoms with Crippen molar-refractivity contribution in [3.63, 3.8) is 0 Å². The normalized spacial score (nSPS) is 24.1. The second kappa shape index (κ2) is 7.10. The molecule has 0 saturated carbocycles. The van der Waals surface area contributed by atoms with Crippen LogP contribution in [0, 0.1) is 5.92 Å². The van der Waals surface area contributed by atoms with Crippen LogP contribution in [0.5, 0.6) is 0 Å². The molecule has 4 heteroatoms. The first-order valence-electron chi connectivity index (χ1n) is 8.05. The summed E-state index contributed by atoms with van der Waals surface area (Å²) in [4.78, 5) is 11.6. The predicted octanol–water partition coefficient (Wildman–Crippen LogP) is 4.68. The Morgan fingerprint density at radius 2 is 1.95 bits per heavy atom. The van der Waals surface area contributed by atoms with Crippen LogP contribution in [0.1, 0.15) is 53.9 Å². The van der Waals surface area contributed by atoms with Gasteiger partial charge in [0, 0.05) is 6.42 Å². The van der Waals surface area contributed by atoms with Crippen LogP contribution in [0.3, 0.4) is 0 Å². The molecule has 21 heavy (non-hydrogen) atoms. The summed E-state index contributed by atoms with van der Waals surface area (Å²) in [5, 5.41) is 0.149. The summed E-state index contributed by atoms with van der Waals surface area (Å²) < 4.78 is 11.8. The molecule has 0 unspecified atom stereocenters. The highest BCUT2D eigenvalue weighted by atomic mass is 28.4. The van der Waals surface area contributed by atoms with Gasteiger partial charge in [0.15, 0.2) is 8.32 Å². The Morgan fingerprint density at radius 1 is 1.33 bits per heavy atom. The van der Waals surface area contributed by atoms with Gasteiger partial charge >= 0.3 is 5.97 Å². The number of hydrogen-bond acceptors (Lipinski definition) is 3. The molecule has 0 radical (unpaired) electrons. The van der Waals surface area contributed by atoms with Gasteiger partial charge in [-0.05, 0) is 30.5 Å². The van der Waals surface area contributed by atoms with E-state index in [1.54, 1.807) is 0 Å². The van der Waals surface area contributed by atoms with Gasteiger partial charge in [0.25, 0.3) is 0 Å². The monoisotopic (exact) mass is 312 g/mol. The van der Waals surface area contributed by atoms with Crippen molar-refractivity contribution in [2.75, 3.05) is 0 Å². The van der Waals surface area contributed by atoms with Crippen molar-refractivity contribution in [2.45, 2.75) is 84.2 Å². The van der Waals surface area contributed by atoms with E-state index in [1.165, 1.54) is 0 Å². The molecule has 1 aliphatic rings. The second-order valence-corrected chi connectivity index (χ2v) is 12.7. The van der Waals surface area contributed by atoms with Gasteiger partial charge in [-0.15, -0.1) is 0 Å². The maximum atomic E-state index is 11.6. The number of carbonyl (C=O) groups excluding carboxylic acids is 1. The molecular weight excluding hydrogens is 280 g/mol. The zero-order chi connectivity index (χ0) is 16.3. The van der Waals surface area contributed by atoms with Crippen LogP contribution in [0.25, 0.3) is 0 Å². The summed E-state index contributed by atoms with van der Waals surface area (Å²) in [6.07, 6.45) is 6.34. The Balaban J connectivity index is 2.63. The molecule has 122 valence electrons. The van der Waals surface area contributed by atoms with Crippen molar-refractivity contribution in [3.8, 4) is 0 Å². The fraction of sp³-hybridized carbons (Fsp3) is 0.824. The van der Waals surface area contributed by atoms with Crippen LogP contribution >= 0.6 is 0 Å². The van der Waals surface area contributed by atoms with Crippen molar-refractivity contribution in [3.05, 3.63) is 12.2 Å². The minimum atomic E-state index is -1.86. The molecule has 0 N–H and O–H groups in total. The van der Waals surface area contributed by atoms with Crippen LogP contribution in [0.15, 0.2) is 12.2 Å². The van der Waals surface area contributed by atoms with E-state index in [0.717, 1.165) is 12.8 Å². The van der Waals surface area contributed by atoms with Crippen LogP contribution in [0.2, 0.25) is 18.1 Å². The van der Waals surface area contributed by atoms with E-state index in [1.807, 2.05) is 0 Å². The standard InChI is InChI=1S/C17H32O3Si/c1-13(2)10-8-9-11-14-15(12-16(18)19-14)20-21(6,7)17(3,4)5/h8-9,13-15H,10-12H2,1-7H3/b9-8-/t14-,15-/m1/s1. The summed E-state index contributed by atoms with van der Waals surface area (Å²) in [6, 6.07) is 0. The van der Waals surface area contributed by atoms with Crippen LogP contribution in [-0.2, 0) is 14.0 Å². The molecule has 0 amide bonds. The molecule has 0 bridgehead atoms. The van der Waals surface area contributed by atoms with E-state index in [2.05, 4.69) is 59.9 Å². The third-order valence-electron chi connectivity index (χ3n) is 4.46. The van der Waals surface area contributed by atoms with Gasteiger partial charge in [0.1, 0.15) is 6.10 Å². The zero-order valence-corrected chi connectivity index (χ0v) is 15.7. The van der Waals surface area contributed by atoms with Gasteiger partial charge < -0.3 is 9.16 Å². The maximum Gasteiger partial charge on any atom is 0.308 e. The van der Waals surface area contributed by atoms with Crippen molar-refractivity contribution >= 4 is 14.3 Å². The van der Waals surface area contributed by atoms with E-state index < -0.39 is 8.32 Å². The number of cyclic esters (lactones) is 1. The minimum absolute atomic E-state index is 0.0814. The molecule has 1 heterocycles. The number of rotatable bonds is 6. The SMILES string of the molecule is CC(C)C/C=C\C[C@H]1OC(=O)C[C@H]1O[Si](C)(C)C(C)(C)C. The first-order valence-corrected chi connectivity index (χ1v) is 11.0. The largest absolute Gasteiger partial charge is 0.459 e. The molecule has 1 rings (SSSR count). The van der Waals surface area contributed by atoms with Crippen molar-refractivity contribution < 1.29 is 14.0 Å². The Labute approximate surface area is 131 Å². The van der Waals surface area contributed by atoms with Crippen LogP contribution < -0.4 is 0 Å². The first kappa shape index (κ1) is 18.4. The molecule has 1 saturated heterocycles. The van der Waals surface area contributed by atoms with E-state index in [4.69, 9.17) is 9.16 Å². The van der Waals surface area contributed by atoms with E-state index >= 15 is 0 Å². The lowest BCUT2D eigenvalue weighted by molar-refractivity contribution is -0.141. The average Bonchev–Trinajstić information content (AvgIpc) is 2.62. The Kier molecular flexibility index (Phi) is 6.23. The fourth-order valence-electron chi connectivity index (χ4n) is 2.06. The molecule has 0 aliphatic carbocycles. The third-order valence-corrected chi connectivity index (χ3v) is 8.96. The van der Waals surface area contributed by atoms with Crippen molar-refractivity contribution in [1.29, 1.82) is 0 Å². The lowest BCUT2D eigenvalue weighted by Crippen LogP contribution is -2.45. The van der Waals surface area contributed by atoms with E-state index in [0.29, 0.717) is 12.3 Å². The topological polar surface area (TPSA) is 35.5 Å². The smallest absolute Gasteiger partial charge is 0.308 e. The highest BCUT2D eigenvalue weighted by Crippen LogP contribution is 2.39. The molecule has 0 aromatic rings. The highest BCUT2D eigenvalue weighted by Gasteiger charge is 2.44. The second-order valence-electron chi connectivity index (χ2n) is 7.99. The third kappa shape index (κ3) is 5.59. The molecule has 1 fully saturated rings. The molecule has 0 aromatic carbocycles. The van der Waals surface area contributed by atoms with Crippen molar-refractivity contribution in [2.24, 2.45) is 5.92 Å². The number of allylic oxidation sites excluding steroid dienone is 1. The summed E-state index contributed by atoms with van der Waals surface area (Å²) in [7, 11) is -1.86. The molecule has 2 atom stereocenters. The number of esters is 1. The summed E-state index contributed by atoms with van der Waals surface area (Å²) >= 11 is 0. The first-order chi connectivity index (χ1) is 9.53. The minimum Gasteiger partial charge on any atom is -0.459 e. The van der Waals surface area contributed by atoms with Crippen molar-refractivity contribution in [1.82, 2.24) is 0 Å². The number of hydrogen-bond donors (Lipinski definition) is 0. The molecule has 3 nitrogen and oxygen atoms in total. The lowest BCUT2D eigenvalue weighted by Gasteiger charge is -2.38. The maximum absolute atomic E-state index is 11.6. The molecule has 0 spiro atoms. The van der Waals surface area contributed by atoms with E-state index in [9.17, 15) is 4.79 Å². The number of ether oxygens (including phenoxy) is 1. The van der Waals surface area contributed by atoms with Gasteiger partial charge in [0.05, 0.1) is 12.5 Å². The Morgan fingerprint density at radius 3 is 2.48 bits per heavy atom. The van der Waals surface area contributed by atoms with Crippen LogP contribution in [0.4, 0.5) is 0 Å². The highest BCUT2D eigenvalue weighted by molar-refractivity contribution is 6.74. The van der Waals surface area contributed by atoms with Gasteiger partial charge in [0.2, 0.25) is 0 Å². The molecule has 0 aromatic heterocycles. The quantitative estimate of drug-likeness (QED) is 0.406. The molecular formula is C17H32O3Si. The van der Waals surface area contributed by atoms with Crippen LogP contribution in [-0.4, -0.2) is 26.5 Å². The molecule has 1 aliphatic heterocycles. The van der Waals surface area contributed by atoms with Gasteiger partial charge in [-0.25, -0.2) is 0 Å². The summed E-state index contributed by atoms with van der Waals surface area (Å²) in [5.74, 6) is 0.535. The fourth-order valence-corrected chi connectivity index (χ4v) is 3.41. The van der Waals surface area contributed by atoms with Gasteiger partial charge in [-0.3, -0.25) is 4.79 Å². The van der Waals surface area contributed by atoms with Gasteiger partial charge in [-0.1, -0.05) is 46.8 Å². The van der Waals surface area contributed by atoms with Gasteiger partial charge in [-0.2, -0.15) is 0 Å². The average molecular weight is 313 g/mol. The Bertz CT molecular complexity index is 380. The summed E-state index contributed by atoms with van der Waals surface area (Å²) in [6.45, 7) is 15.5. The Hall–Kier alpha value is -0.613. The summed E-state index contributed by atoms with van der Waals surface area (Å²) in [5.41, 5.74) is 0. The lowest BCUT2D eigenvalue weighted by atomic mass is 10.1.